The first-order valence-corrected chi connectivity index (χ1v) is 6.92. The summed E-state index contributed by atoms with van der Waals surface area (Å²) in [4.78, 5) is 8.55. The van der Waals surface area contributed by atoms with E-state index in [4.69, 9.17) is 10.3 Å². The third kappa shape index (κ3) is 2.60. The highest BCUT2D eigenvalue weighted by Gasteiger charge is 2.11. The Labute approximate surface area is 101 Å². The molecule has 0 radical (unpaired) electrons. The molecular weight excluding hydrogens is 244 g/mol. The molecule has 0 aliphatic rings. The molecule has 86 valence electrons. The summed E-state index contributed by atoms with van der Waals surface area (Å²) < 4.78 is 5.13. The highest BCUT2D eigenvalue weighted by atomic mass is 32.2. The first-order valence-electron chi connectivity index (χ1n) is 4.88. The van der Waals surface area contributed by atoms with Crippen molar-refractivity contribution in [3.63, 3.8) is 0 Å². The Bertz CT molecular complexity index is 454. The summed E-state index contributed by atoms with van der Waals surface area (Å²) in [6.45, 7) is 2.54. The number of hydrogen-bond donors (Lipinski definition) is 1. The van der Waals surface area contributed by atoms with Crippen LogP contribution in [0.25, 0.3) is 11.6 Å². The van der Waals surface area contributed by atoms with Gasteiger partial charge in [0.15, 0.2) is 5.82 Å². The van der Waals surface area contributed by atoms with Crippen LogP contribution in [0.4, 0.5) is 0 Å². The van der Waals surface area contributed by atoms with Gasteiger partial charge in [-0.1, -0.05) is 12.1 Å². The average Bonchev–Trinajstić information content (AvgIpc) is 2.94. The molecule has 0 aliphatic carbocycles. The van der Waals surface area contributed by atoms with E-state index in [1.165, 1.54) is 11.3 Å². The molecule has 0 fully saturated rings. The number of nitrogens with two attached hydrogens (primary N) is 1. The largest absolute Gasteiger partial charge is 0.332 e. The molecule has 5 nitrogen and oxygen atoms in total. The molecule has 2 aromatic heterocycles. The molecule has 0 bridgehead atoms. The normalized spacial score (nSPS) is 10.9. The van der Waals surface area contributed by atoms with Gasteiger partial charge in [-0.05, 0) is 5.75 Å². The molecule has 0 saturated heterocycles. The Kier molecular flexibility index (Phi) is 3.92. The lowest BCUT2D eigenvalue weighted by Gasteiger charge is -1.88. The lowest BCUT2D eigenvalue weighted by atomic mass is 10.5. The molecule has 0 aliphatic heterocycles. The van der Waals surface area contributed by atoms with Crippen molar-refractivity contribution >= 4 is 23.1 Å². The second-order valence-corrected chi connectivity index (χ2v) is 5.20. The highest BCUT2D eigenvalue weighted by molar-refractivity contribution is 7.98. The van der Waals surface area contributed by atoms with Crippen LogP contribution in [-0.2, 0) is 12.3 Å². The van der Waals surface area contributed by atoms with Crippen molar-refractivity contribution in [1.82, 2.24) is 15.1 Å². The maximum atomic E-state index is 5.49. The molecule has 2 aromatic rings. The Hall–Kier alpha value is -0.920. The van der Waals surface area contributed by atoms with Gasteiger partial charge in [-0.2, -0.15) is 16.7 Å². The maximum absolute atomic E-state index is 5.49. The molecule has 7 heteroatoms. The quantitative estimate of drug-likeness (QED) is 0.880. The van der Waals surface area contributed by atoms with Crippen LogP contribution in [0.5, 0.6) is 0 Å². The van der Waals surface area contributed by atoms with Crippen LogP contribution < -0.4 is 5.73 Å². The number of thioether (sulfide) groups is 1. The van der Waals surface area contributed by atoms with Gasteiger partial charge >= 0.3 is 0 Å². The summed E-state index contributed by atoms with van der Waals surface area (Å²) in [5, 5.41) is 6.65. The van der Waals surface area contributed by atoms with E-state index >= 15 is 0 Å². The zero-order valence-corrected chi connectivity index (χ0v) is 10.5. The van der Waals surface area contributed by atoms with E-state index < -0.39 is 0 Å². The van der Waals surface area contributed by atoms with Gasteiger partial charge in [-0.3, -0.25) is 0 Å². The maximum Gasteiger partial charge on any atom is 0.277 e. The summed E-state index contributed by atoms with van der Waals surface area (Å²) in [7, 11) is 0. The van der Waals surface area contributed by atoms with Crippen molar-refractivity contribution in [2.45, 2.75) is 19.2 Å². The van der Waals surface area contributed by atoms with Crippen molar-refractivity contribution in [2.24, 2.45) is 5.73 Å². The topological polar surface area (TPSA) is 77.8 Å². The van der Waals surface area contributed by atoms with E-state index in [9.17, 15) is 0 Å². The van der Waals surface area contributed by atoms with Gasteiger partial charge in [-0.25, -0.2) is 4.98 Å². The third-order valence-electron chi connectivity index (χ3n) is 1.85. The average molecular weight is 256 g/mol. The van der Waals surface area contributed by atoms with E-state index in [-0.39, 0.29) is 0 Å². The van der Waals surface area contributed by atoms with Crippen LogP contribution in [-0.4, -0.2) is 20.9 Å². The minimum absolute atomic E-state index is 0.442. The van der Waals surface area contributed by atoms with E-state index in [0.717, 1.165) is 16.5 Å². The van der Waals surface area contributed by atoms with Gasteiger partial charge in [-0.15, -0.1) is 11.3 Å². The summed E-state index contributed by atoms with van der Waals surface area (Å²) in [5.74, 6) is 3.00. The van der Waals surface area contributed by atoms with Crippen molar-refractivity contribution < 1.29 is 4.52 Å². The summed E-state index contributed by atoms with van der Waals surface area (Å²) >= 11 is 3.26. The molecule has 0 unspecified atom stereocenters. The number of nitrogens with zero attached hydrogens (tertiary/aromatic N) is 3. The fourth-order valence-electron chi connectivity index (χ4n) is 1.11. The fraction of sp³-hybridized carbons (Fsp3) is 0.444. The lowest BCUT2D eigenvalue weighted by molar-refractivity contribution is 0.424. The summed E-state index contributed by atoms with van der Waals surface area (Å²) in [6, 6.07) is 0. The smallest absolute Gasteiger partial charge is 0.277 e. The Balaban J connectivity index is 2.11. The lowest BCUT2D eigenvalue weighted by Crippen LogP contribution is -1.94. The van der Waals surface area contributed by atoms with Crippen LogP contribution in [0.1, 0.15) is 17.8 Å². The Morgan fingerprint density at radius 1 is 1.50 bits per heavy atom. The highest BCUT2D eigenvalue weighted by Crippen LogP contribution is 2.20. The second-order valence-electron chi connectivity index (χ2n) is 2.98. The molecule has 0 saturated carbocycles. The van der Waals surface area contributed by atoms with Crippen LogP contribution >= 0.6 is 23.1 Å². The first-order chi connectivity index (χ1) is 7.83. The van der Waals surface area contributed by atoms with Crippen molar-refractivity contribution in [1.29, 1.82) is 0 Å². The predicted octanol–water partition coefficient (Wildman–Crippen LogP) is 1.90. The predicted molar refractivity (Wildman–Crippen MR) is 65.1 cm³/mol. The van der Waals surface area contributed by atoms with Gasteiger partial charge in [0.25, 0.3) is 5.89 Å². The van der Waals surface area contributed by atoms with Gasteiger partial charge in [0.1, 0.15) is 10.7 Å². The summed E-state index contributed by atoms with van der Waals surface area (Å²) in [6.07, 6.45) is 0. The fourth-order valence-corrected chi connectivity index (χ4v) is 2.27. The van der Waals surface area contributed by atoms with E-state index in [2.05, 4.69) is 22.0 Å². The monoisotopic (exact) mass is 256 g/mol. The number of aromatic nitrogens is 3. The van der Waals surface area contributed by atoms with E-state index in [1.807, 2.05) is 5.38 Å². The Morgan fingerprint density at radius 2 is 2.38 bits per heavy atom. The zero-order chi connectivity index (χ0) is 11.4. The first kappa shape index (κ1) is 11.6. The van der Waals surface area contributed by atoms with Gasteiger partial charge < -0.3 is 10.3 Å². The zero-order valence-electron chi connectivity index (χ0n) is 8.84. The van der Waals surface area contributed by atoms with Crippen molar-refractivity contribution in [3.05, 3.63) is 16.2 Å². The van der Waals surface area contributed by atoms with Crippen LogP contribution in [0, 0.1) is 0 Å². The van der Waals surface area contributed by atoms with Crippen molar-refractivity contribution in [3.8, 4) is 11.6 Å². The Morgan fingerprint density at radius 3 is 3.06 bits per heavy atom. The number of thiazole rings is 1. The van der Waals surface area contributed by atoms with Crippen molar-refractivity contribution in [2.75, 3.05) is 5.75 Å². The van der Waals surface area contributed by atoms with Gasteiger partial charge in [0, 0.05) is 11.9 Å². The molecule has 0 amide bonds. The molecule has 2 rings (SSSR count). The third-order valence-corrected chi connectivity index (χ3v) is 3.59. The minimum atomic E-state index is 0.442. The van der Waals surface area contributed by atoms with E-state index in [1.54, 1.807) is 11.8 Å². The van der Waals surface area contributed by atoms with Gasteiger partial charge in [0.05, 0.1) is 5.75 Å². The molecule has 16 heavy (non-hydrogen) atoms. The molecular formula is C9H12N4OS2. The van der Waals surface area contributed by atoms with Crippen LogP contribution in [0.3, 0.4) is 0 Å². The van der Waals surface area contributed by atoms with Crippen LogP contribution in [0.15, 0.2) is 9.90 Å². The number of rotatable bonds is 5. The molecule has 0 atom stereocenters. The standard InChI is InChI=1S/C9H12N4OS2/c1-2-15-5-7-12-9(14-13-7)6-4-16-8(3-10)11-6/h4H,2-3,5,10H2,1H3. The second kappa shape index (κ2) is 5.42. The molecule has 2 heterocycles. The molecule has 0 spiro atoms. The summed E-state index contributed by atoms with van der Waals surface area (Å²) in [5.41, 5.74) is 6.20. The van der Waals surface area contributed by atoms with Crippen LogP contribution in [0.2, 0.25) is 0 Å². The van der Waals surface area contributed by atoms with Gasteiger partial charge in [0.2, 0.25) is 0 Å². The molecule has 0 aromatic carbocycles. The minimum Gasteiger partial charge on any atom is -0.332 e. The SMILES string of the molecule is CCSCc1noc(-c2csc(CN)n2)n1. The van der Waals surface area contributed by atoms with E-state index in [0.29, 0.717) is 24.0 Å². The molecule has 2 N–H and O–H groups in total. The number of hydrogen-bond acceptors (Lipinski definition) is 7.